The van der Waals surface area contributed by atoms with Crippen LogP contribution in [-0.4, -0.2) is 40.2 Å². The molecule has 3 heterocycles. The van der Waals surface area contributed by atoms with Gasteiger partial charge in [0.25, 0.3) is 0 Å². The Morgan fingerprint density at radius 1 is 1.28 bits per heavy atom. The lowest BCUT2D eigenvalue weighted by Gasteiger charge is -2.40. The number of alkyl halides is 3. The van der Waals surface area contributed by atoms with E-state index in [-0.39, 0.29) is 10.9 Å². The van der Waals surface area contributed by atoms with E-state index < -0.39 is 12.6 Å². The summed E-state index contributed by atoms with van der Waals surface area (Å²) in [5, 5.41) is 13.2. The maximum atomic E-state index is 12.7. The van der Waals surface area contributed by atoms with Gasteiger partial charge in [0.1, 0.15) is 17.0 Å². The fourth-order valence-electron chi connectivity index (χ4n) is 4.39. The zero-order chi connectivity index (χ0) is 22.5. The van der Waals surface area contributed by atoms with E-state index >= 15 is 0 Å². The van der Waals surface area contributed by atoms with Gasteiger partial charge in [-0.25, -0.2) is 9.97 Å². The molecule has 0 bridgehead atoms. The van der Waals surface area contributed by atoms with Crippen molar-refractivity contribution in [3.8, 4) is 6.07 Å². The van der Waals surface area contributed by atoms with E-state index in [1.807, 2.05) is 6.08 Å². The second-order valence-electron chi connectivity index (χ2n) is 8.36. The third-order valence-electron chi connectivity index (χ3n) is 6.01. The van der Waals surface area contributed by atoms with Crippen LogP contribution in [0.4, 0.5) is 19.0 Å². The molecule has 0 saturated carbocycles. The summed E-state index contributed by atoms with van der Waals surface area (Å²) in [4.78, 5) is 11.5. The number of halogens is 3. The largest absolute Gasteiger partial charge is 0.393 e. The SMILES string of the molecule is Cc1c(CN2CC(Nc3ncnc4sc(CC(F)(F)F)cc34)C2)ccc2c1C=C(C#N)C2. The lowest BCUT2D eigenvalue weighted by molar-refractivity contribution is -0.126. The van der Waals surface area contributed by atoms with Gasteiger partial charge in [-0.3, -0.25) is 4.90 Å². The average molecular weight is 456 g/mol. The summed E-state index contributed by atoms with van der Waals surface area (Å²) in [5.74, 6) is 0.590. The highest BCUT2D eigenvalue weighted by atomic mass is 32.1. The number of nitrogens with zero attached hydrogens (tertiary/aromatic N) is 4. The van der Waals surface area contributed by atoms with Crippen LogP contribution in [0.1, 0.15) is 27.1 Å². The molecule has 5 nitrogen and oxygen atoms in total. The van der Waals surface area contributed by atoms with Crippen LogP contribution in [0.5, 0.6) is 0 Å². The van der Waals surface area contributed by atoms with Crippen molar-refractivity contribution in [3.05, 3.63) is 57.2 Å². The van der Waals surface area contributed by atoms with Gasteiger partial charge < -0.3 is 5.32 Å². The fraction of sp³-hybridized carbons (Fsp3) is 0.348. The number of likely N-dealkylation sites (tertiary alicyclic amines) is 1. The van der Waals surface area contributed by atoms with Gasteiger partial charge >= 0.3 is 6.18 Å². The summed E-state index contributed by atoms with van der Waals surface area (Å²) < 4.78 is 38.2. The first-order valence-corrected chi connectivity index (χ1v) is 11.1. The monoisotopic (exact) mass is 455 g/mol. The van der Waals surface area contributed by atoms with Crippen molar-refractivity contribution in [2.75, 3.05) is 18.4 Å². The number of allylic oxidation sites excluding steroid dienone is 1. The number of thiophene rings is 1. The minimum Gasteiger partial charge on any atom is -0.364 e. The summed E-state index contributed by atoms with van der Waals surface area (Å²) in [6.45, 7) is 4.56. The van der Waals surface area contributed by atoms with Gasteiger partial charge in [0.2, 0.25) is 0 Å². The molecule has 0 unspecified atom stereocenters. The Hall–Kier alpha value is -2.96. The van der Waals surface area contributed by atoms with E-state index in [0.717, 1.165) is 36.5 Å². The molecule has 1 aliphatic carbocycles. The molecule has 1 fully saturated rings. The topological polar surface area (TPSA) is 64.8 Å². The number of nitriles is 1. The van der Waals surface area contributed by atoms with Gasteiger partial charge in [0.15, 0.2) is 0 Å². The number of aromatic nitrogens is 2. The summed E-state index contributed by atoms with van der Waals surface area (Å²) in [6, 6.07) is 8.23. The van der Waals surface area contributed by atoms with Crippen molar-refractivity contribution >= 4 is 33.4 Å². The second-order valence-corrected chi connectivity index (χ2v) is 9.48. The summed E-state index contributed by atoms with van der Waals surface area (Å²) >= 11 is 1.06. The van der Waals surface area contributed by atoms with Gasteiger partial charge in [0.05, 0.1) is 23.9 Å². The maximum Gasteiger partial charge on any atom is 0.393 e. The van der Waals surface area contributed by atoms with Crippen molar-refractivity contribution in [1.29, 1.82) is 5.26 Å². The highest BCUT2D eigenvalue weighted by Crippen LogP contribution is 2.34. The van der Waals surface area contributed by atoms with E-state index in [9.17, 15) is 13.2 Å². The Kier molecular flexibility index (Phi) is 5.14. The molecular formula is C23H20F3N5S. The molecule has 2 aliphatic rings. The first kappa shape index (κ1) is 20.9. The van der Waals surface area contributed by atoms with Crippen LogP contribution in [0.3, 0.4) is 0 Å². The van der Waals surface area contributed by atoms with Crippen molar-refractivity contribution in [2.24, 2.45) is 0 Å². The van der Waals surface area contributed by atoms with Crippen LogP contribution in [0.15, 0.2) is 30.1 Å². The molecule has 0 atom stereocenters. The van der Waals surface area contributed by atoms with Gasteiger partial charge in [-0.05, 0) is 41.3 Å². The molecule has 0 radical (unpaired) electrons. The number of nitrogens with one attached hydrogen (secondary N) is 1. The summed E-state index contributed by atoms with van der Waals surface area (Å²) in [6.07, 6.45) is -1.09. The van der Waals surface area contributed by atoms with E-state index in [2.05, 4.69) is 45.3 Å². The normalized spacial score (nSPS) is 16.5. The molecule has 164 valence electrons. The summed E-state index contributed by atoms with van der Waals surface area (Å²) in [7, 11) is 0. The Bertz CT molecular complexity index is 1270. The van der Waals surface area contributed by atoms with E-state index in [1.165, 1.54) is 28.6 Å². The Morgan fingerprint density at radius 2 is 2.09 bits per heavy atom. The first-order chi connectivity index (χ1) is 15.3. The molecule has 1 saturated heterocycles. The first-order valence-electron chi connectivity index (χ1n) is 10.3. The lowest BCUT2D eigenvalue weighted by Crippen LogP contribution is -2.54. The third kappa shape index (κ3) is 4.08. The van der Waals surface area contributed by atoms with Gasteiger partial charge in [-0.15, -0.1) is 11.3 Å². The predicted molar refractivity (Wildman–Crippen MR) is 118 cm³/mol. The molecule has 5 rings (SSSR count). The van der Waals surface area contributed by atoms with Crippen LogP contribution in [-0.2, 0) is 19.4 Å². The van der Waals surface area contributed by atoms with Crippen LogP contribution in [0, 0.1) is 18.3 Å². The Balaban J connectivity index is 1.23. The molecule has 9 heteroatoms. The van der Waals surface area contributed by atoms with Crippen LogP contribution in [0.2, 0.25) is 0 Å². The minimum atomic E-state index is -4.24. The number of benzene rings is 1. The van der Waals surface area contributed by atoms with E-state index in [4.69, 9.17) is 5.26 Å². The standard InChI is InChI=1S/C23H20F3N5S/c1-13-16(3-2-15-4-14(8-27)5-19(13)15)9-31-10-17(11-31)30-21-20-6-18(7-23(24,25)26)32-22(20)29-12-28-21/h2-3,5-6,12,17H,4,7,9-11H2,1H3,(H,28,29,30). The molecule has 0 spiro atoms. The van der Waals surface area contributed by atoms with Crippen molar-refractivity contribution in [3.63, 3.8) is 0 Å². The number of hydrogen-bond acceptors (Lipinski definition) is 6. The zero-order valence-electron chi connectivity index (χ0n) is 17.3. The van der Waals surface area contributed by atoms with Crippen LogP contribution in [0.25, 0.3) is 16.3 Å². The Labute approximate surface area is 187 Å². The predicted octanol–water partition coefficient (Wildman–Crippen LogP) is 4.86. The molecule has 32 heavy (non-hydrogen) atoms. The molecule has 0 amide bonds. The molecule has 2 aromatic heterocycles. The molecule has 1 aromatic carbocycles. The van der Waals surface area contributed by atoms with Crippen molar-refractivity contribution < 1.29 is 13.2 Å². The molecule has 1 N–H and O–H groups in total. The van der Waals surface area contributed by atoms with Gasteiger partial charge in [-0.1, -0.05) is 12.1 Å². The maximum absolute atomic E-state index is 12.7. The third-order valence-corrected chi connectivity index (χ3v) is 7.05. The van der Waals surface area contributed by atoms with Crippen molar-refractivity contribution in [1.82, 2.24) is 14.9 Å². The number of fused-ring (bicyclic) bond motifs is 2. The van der Waals surface area contributed by atoms with Crippen molar-refractivity contribution in [2.45, 2.75) is 38.5 Å². The van der Waals surface area contributed by atoms with E-state index in [0.29, 0.717) is 22.5 Å². The molecular weight excluding hydrogens is 435 g/mol. The Morgan fingerprint density at radius 3 is 2.84 bits per heavy atom. The highest BCUT2D eigenvalue weighted by Gasteiger charge is 2.30. The minimum absolute atomic E-state index is 0.180. The second kappa shape index (κ2) is 7.87. The van der Waals surface area contributed by atoms with Gasteiger partial charge in [0, 0.05) is 36.5 Å². The number of rotatable bonds is 5. The van der Waals surface area contributed by atoms with Crippen LogP contribution >= 0.6 is 11.3 Å². The molecule has 1 aliphatic heterocycles. The summed E-state index contributed by atoms with van der Waals surface area (Å²) in [5.41, 5.74) is 5.65. The average Bonchev–Trinajstić information content (AvgIpc) is 3.30. The fourth-order valence-corrected chi connectivity index (χ4v) is 5.41. The lowest BCUT2D eigenvalue weighted by atomic mass is 9.97. The zero-order valence-corrected chi connectivity index (χ0v) is 18.1. The molecule has 3 aromatic rings. The smallest absolute Gasteiger partial charge is 0.364 e. The highest BCUT2D eigenvalue weighted by molar-refractivity contribution is 7.18. The quantitative estimate of drug-likeness (QED) is 0.595. The van der Waals surface area contributed by atoms with E-state index in [1.54, 1.807) is 6.07 Å². The number of hydrogen-bond donors (Lipinski definition) is 1. The number of anilines is 1. The van der Waals surface area contributed by atoms with Gasteiger partial charge in [-0.2, -0.15) is 18.4 Å². The van der Waals surface area contributed by atoms with Crippen LogP contribution < -0.4 is 5.32 Å².